The maximum absolute atomic E-state index is 14.9. The number of nitriles is 1. The van der Waals surface area contributed by atoms with E-state index in [2.05, 4.69) is 37.0 Å². The van der Waals surface area contributed by atoms with Crippen molar-refractivity contribution in [2.75, 3.05) is 23.8 Å². The van der Waals surface area contributed by atoms with Crippen molar-refractivity contribution < 1.29 is 9.13 Å². The third kappa shape index (κ3) is 4.82. The second-order valence-electron chi connectivity index (χ2n) is 9.05. The Kier molecular flexibility index (Phi) is 7.20. The summed E-state index contributed by atoms with van der Waals surface area (Å²) in [4.78, 5) is 9.74. The van der Waals surface area contributed by atoms with E-state index in [1.165, 1.54) is 29.7 Å². The molecule has 6 rings (SSSR count). The Balaban J connectivity index is 1.44. The Hall–Kier alpha value is -3.53. The number of nitrogens with zero attached hydrogens (tertiary/aromatic N) is 6. The van der Waals surface area contributed by atoms with Gasteiger partial charge in [-0.05, 0) is 31.2 Å². The van der Waals surface area contributed by atoms with Crippen molar-refractivity contribution in [3.05, 3.63) is 84.9 Å². The number of ether oxygens (including phenoxy) is 1. The number of halogens is 4. The van der Waals surface area contributed by atoms with Crippen LogP contribution in [0, 0.1) is 24.1 Å². The van der Waals surface area contributed by atoms with Gasteiger partial charge in [0.1, 0.15) is 23.8 Å². The lowest BCUT2D eigenvalue weighted by molar-refractivity contribution is -0.0293. The minimum atomic E-state index is -0.746. The predicted octanol–water partition coefficient (Wildman–Crippen LogP) is 7.08. The number of nitrogens with one attached hydrogen (secondary N) is 2. The molecule has 40 heavy (non-hydrogen) atoms. The zero-order valence-electron chi connectivity index (χ0n) is 20.6. The van der Waals surface area contributed by atoms with Gasteiger partial charge in [-0.1, -0.05) is 40.0 Å². The summed E-state index contributed by atoms with van der Waals surface area (Å²) in [5, 5.41) is 25.7. The quantitative estimate of drug-likeness (QED) is 0.187. The highest BCUT2D eigenvalue weighted by atomic mass is 35.5. The number of hydrogen-bond donors (Lipinski definition) is 2. The van der Waals surface area contributed by atoms with Gasteiger partial charge in [-0.2, -0.15) is 5.26 Å². The highest BCUT2D eigenvalue weighted by molar-refractivity contribution is 7.09. The van der Waals surface area contributed by atoms with Crippen LogP contribution in [0.2, 0.25) is 15.1 Å². The molecular formula is C26H18Cl3FN8OS. The Labute approximate surface area is 246 Å². The number of anilines is 3. The Morgan fingerprint density at radius 2 is 2.02 bits per heavy atom. The molecule has 14 heteroatoms. The average Bonchev–Trinajstić information content (AvgIpc) is 3.56. The third-order valence-corrected chi connectivity index (χ3v) is 8.58. The number of benzene rings is 2. The van der Waals surface area contributed by atoms with Crippen LogP contribution in [0.3, 0.4) is 0 Å². The van der Waals surface area contributed by atoms with Crippen LogP contribution in [0.5, 0.6) is 0 Å². The van der Waals surface area contributed by atoms with E-state index in [0.29, 0.717) is 46.2 Å². The van der Waals surface area contributed by atoms with Crippen molar-refractivity contribution >= 4 is 74.1 Å². The van der Waals surface area contributed by atoms with Gasteiger partial charge in [0, 0.05) is 17.3 Å². The van der Waals surface area contributed by atoms with Crippen LogP contribution in [0.4, 0.5) is 21.5 Å². The number of aromatic nitrogens is 5. The zero-order valence-corrected chi connectivity index (χ0v) is 23.7. The van der Waals surface area contributed by atoms with Crippen LogP contribution in [-0.4, -0.2) is 38.2 Å². The summed E-state index contributed by atoms with van der Waals surface area (Å²) in [5.74, 6) is -0.746. The van der Waals surface area contributed by atoms with E-state index in [0.717, 1.165) is 10.6 Å². The summed E-state index contributed by atoms with van der Waals surface area (Å²) in [6.07, 6.45) is 3.27. The molecule has 1 saturated heterocycles. The van der Waals surface area contributed by atoms with Crippen molar-refractivity contribution in [3.63, 3.8) is 0 Å². The summed E-state index contributed by atoms with van der Waals surface area (Å²) in [6.45, 7) is 3.10. The van der Waals surface area contributed by atoms with E-state index >= 15 is 0 Å². The van der Waals surface area contributed by atoms with E-state index in [1.807, 2.05) is 13.1 Å². The summed E-state index contributed by atoms with van der Waals surface area (Å²) in [6, 6.07) is 8.29. The summed E-state index contributed by atoms with van der Waals surface area (Å²) >= 11 is 20.2. The van der Waals surface area contributed by atoms with E-state index in [-0.39, 0.29) is 27.3 Å². The van der Waals surface area contributed by atoms with E-state index < -0.39 is 11.9 Å². The monoisotopic (exact) mass is 614 g/mol. The second-order valence-corrected chi connectivity index (χ2v) is 11.1. The molecule has 0 amide bonds. The minimum absolute atomic E-state index is 0.0441. The molecule has 2 N–H and O–H groups in total. The first-order valence-corrected chi connectivity index (χ1v) is 13.9. The molecule has 0 bridgehead atoms. The lowest BCUT2D eigenvalue weighted by Crippen LogP contribution is -2.31. The van der Waals surface area contributed by atoms with Crippen LogP contribution >= 0.6 is 46.1 Å². The topological polar surface area (TPSA) is 114 Å². The Bertz CT molecular complexity index is 1800. The number of aryl methyl sites for hydroxylation is 1. The number of pyridine rings is 1. The normalized spacial score (nSPS) is 14.1. The van der Waals surface area contributed by atoms with Crippen LogP contribution in [0.15, 0.2) is 42.2 Å². The fraction of sp³-hybridized carbons (Fsp3) is 0.192. The highest BCUT2D eigenvalue weighted by Gasteiger charge is 2.27. The minimum Gasteiger partial charge on any atom is -0.377 e. The smallest absolute Gasteiger partial charge is 0.166 e. The van der Waals surface area contributed by atoms with Gasteiger partial charge in [0.05, 0.1) is 73.0 Å². The Morgan fingerprint density at radius 1 is 1.20 bits per heavy atom. The summed E-state index contributed by atoms with van der Waals surface area (Å²) < 4.78 is 22.0. The first-order chi connectivity index (χ1) is 19.3. The molecule has 1 aliphatic heterocycles. The van der Waals surface area contributed by atoms with Crippen LogP contribution in [0.25, 0.3) is 10.9 Å². The fourth-order valence-electron chi connectivity index (χ4n) is 4.33. The molecule has 5 aromatic rings. The molecule has 2 aromatic carbocycles. The molecule has 9 nitrogen and oxygen atoms in total. The van der Waals surface area contributed by atoms with Gasteiger partial charge in [-0.3, -0.25) is 4.98 Å². The number of hydrogen-bond acceptors (Lipinski definition) is 9. The molecule has 202 valence electrons. The molecule has 1 fully saturated rings. The lowest BCUT2D eigenvalue weighted by Gasteiger charge is -2.25. The van der Waals surface area contributed by atoms with Crippen molar-refractivity contribution in [1.29, 1.82) is 5.26 Å². The van der Waals surface area contributed by atoms with Crippen molar-refractivity contribution in [3.8, 4) is 6.07 Å². The number of fused-ring (bicyclic) bond motifs is 1. The van der Waals surface area contributed by atoms with Crippen molar-refractivity contribution in [2.24, 2.45) is 0 Å². The first kappa shape index (κ1) is 26.7. The van der Waals surface area contributed by atoms with Gasteiger partial charge in [-0.25, -0.2) is 14.1 Å². The van der Waals surface area contributed by atoms with Crippen LogP contribution in [-0.2, 0) is 4.74 Å². The number of thiazole rings is 1. The third-order valence-electron chi connectivity index (χ3n) is 6.51. The number of rotatable bonds is 7. The average molecular weight is 616 g/mol. The standard InChI is InChI=1S/C26H18Cl3FN8OS/c1-12-26(40-11-33-12)25(20-8-38(37-36-20)15-9-39-10-15)34-14-4-16-23(13(6-31)7-32-24(16)18(28)5-14)35-19-3-2-17(27)21(29)22(19)30/h2-5,7-8,11,15,25,34H,9-10H2,1H3,(H,32,35)/t25-/m1/s1. The van der Waals surface area contributed by atoms with Crippen molar-refractivity contribution in [2.45, 2.75) is 19.0 Å². The molecular weight excluding hydrogens is 598 g/mol. The Morgan fingerprint density at radius 3 is 2.73 bits per heavy atom. The van der Waals surface area contributed by atoms with Crippen LogP contribution in [0.1, 0.15) is 33.9 Å². The van der Waals surface area contributed by atoms with E-state index in [1.54, 1.807) is 22.3 Å². The molecule has 0 unspecified atom stereocenters. The SMILES string of the molecule is Cc1ncsc1[C@H](Nc1cc(Cl)c2ncc(C#N)c(Nc3ccc(Cl)c(Cl)c3F)c2c1)c1cn(C2COC2)nn1. The van der Waals surface area contributed by atoms with Gasteiger partial charge >= 0.3 is 0 Å². The fourth-order valence-corrected chi connectivity index (χ4v) is 5.77. The largest absolute Gasteiger partial charge is 0.377 e. The summed E-state index contributed by atoms with van der Waals surface area (Å²) in [5.41, 5.74) is 4.90. The van der Waals surface area contributed by atoms with E-state index in [4.69, 9.17) is 39.5 Å². The van der Waals surface area contributed by atoms with Gasteiger partial charge in [-0.15, -0.1) is 16.4 Å². The predicted molar refractivity (Wildman–Crippen MR) is 153 cm³/mol. The van der Waals surface area contributed by atoms with E-state index in [9.17, 15) is 9.65 Å². The van der Waals surface area contributed by atoms with Gasteiger partial charge in [0.25, 0.3) is 0 Å². The van der Waals surface area contributed by atoms with Gasteiger partial charge < -0.3 is 15.4 Å². The molecule has 1 atom stereocenters. The summed E-state index contributed by atoms with van der Waals surface area (Å²) in [7, 11) is 0. The molecule has 0 aliphatic carbocycles. The zero-order chi connectivity index (χ0) is 28.0. The highest BCUT2D eigenvalue weighted by Crippen LogP contribution is 2.39. The molecule has 0 spiro atoms. The van der Waals surface area contributed by atoms with Gasteiger partial charge in [0.2, 0.25) is 0 Å². The molecule has 1 aliphatic rings. The maximum atomic E-state index is 14.9. The molecule has 3 aromatic heterocycles. The maximum Gasteiger partial charge on any atom is 0.166 e. The molecule has 0 saturated carbocycles. The molecule has 0 radical (unpaired) electrons. The van der Waals surface area contributed by atoms with Gasteiger partial charge in [0.15, 0.2) is 5.82 Å². The van der Waals surface area contributed by atoms with Crippen LogP contribution < -0.4 is 10.6 Å². The molecule has 4 heterocycles. The second kappa shape index (κ2) is 10.8. The van der Waals surface area contributed by atoms with Crippen molar-refractivity contribution in [1.82, 2.24) is 25.0 Å². The lowest BCUT2D eigenvalue weighted by atomic mass is 10.1. The first-order valence-electron chi connectivity index (χ1n) is 11.9.